The Kier molecular flexibility index (Phi) is 9.21. The fraction of sp³-hybridized carbons (Fsp3) is 0.200. The van der Waals surface area contributed by atoms with Crippen molar-refractivity contribution in [2.24, 2.45) is 0 Å². The molecule has 0 saturated heterocycles. The summed E-state index contributed by atoms with van der Waals surface area (Å²) < 4.78 is 31.8. The molecule has 0 radical (unpaired) electrons. The summed E-state index contributed by atoms with van der Waals surface area (Å²) in [6.45, 7) is 1.66. The van der Waals surface area contributed by atoms with Crippen LogP contribution in [0, 0.1) is 0 Å². The second kappa shape index (κ2) is 12.6. The highest BCUT2D eigenvalue weighted by Gasteiger charge is 2.19. The first-order chi connectivity index (χ1) is 18.7. The third kappa shape index (κ3) is 7.25. The number of phenolic OH excluding ortho intramolecular Hbond substituents is 1. The molecular weight excluding hydrogens is 550 g/mol. The number of aliphatic hydroxyl groups excluding tert-OH is 1. The quantitative estimate of drug-likeness (QED) is 0.155. The second-order valence-electron chi connectivity index (χ2n) is 9.61. The van der Waals surface area contributed by atoms with Crippen molar-refractivity contribution in [2.75, 3.05) is 30.7 Å². The minimum atomic E-state index is -3.50. The van der Waals surface area contributed by atoms with Crippen molar-refractivity contribution in [1.29, 1.82) is 0 Å². The third-order valence-electron chi connectivity index (χ3n) is 6.52. The van der Waals surface area contributed by atoms with E-state index < -0.39 is 16.1 Å². The van der Waals surface area contributed by atoms with Gasteiger partial charge in [-0.25, -0.2) is 8.42 Å². The number of aromatic hydroxyl groups is 1. The number of ether oxygens (including phenoxy) is 1. The van der Waals surface area contributed by atoms with Gasteiger partial charge in [-0.3, -0.25) is 9.62 Å². The van der Waals surface area contributed by atoms with E-state index in [9.17, 15) is 18.6 Å². The molecule has 0 bridgehead atoms. The van der Waals surface area contributed by atoms with Crippen LogP contribution in [0.2, 0.25) is 0 Å². The zero-order valence-electron chi connectivity index (χ0n) is 21.9. The molecule has 0 aliphatic carbocycles. The summed E-state index contributed by atoms with van der Waals surface area (Å²) in [5, 5.41) is 23.7. The minimum Gasteiger partial charge on any atom is -0.508 e. The van der Waals surface area contributed by atoms with E-state index in [0.29, 0.717) is 19.7 Å². The van der Waals surface area contributed by atoms with Gasteiger partial charge in [-0.1, -0.05) is 48.5 Å². The number of hydrogen-bond donors (Lipinski definition) is 4. The molecule has 10 heteroatoms. The molecule has 4 aromatic carbocycles. The summed E-state index contributed by atoms with van der Waals surface area (Å²) in [7, 11) is -3.50. The van der Waals surface area contributed by atoms with Gasteiger partial charge in [-0.2, -0.15) is 0 Å². The van der Waals surface area contributed by atoms with E-state index in [1.165, 1.54) is 23.6 Å². The summed E-state index contributed by atoms with van der Waals surface area (Å²) in [6.07, 6.45) is -0.00861. The highest BCUT2D eigenvalue weighted by atomic mass is 35.5. The maximum absolute atomic E-state index is 11.6. The number of hydrogen-bond acceptors (Lipinski definition) is 6. The van der Waals surface area contributed by atoms with E-state index in [-0.39, 0.29) is 36.0 Å². The van der Waals surface area contributed by atoms with Crippen LogP contribution in [0.1, 0.15) is 17.2 Å². The largest absolute Gasteiger partial charge is 0.508 e. The summed E-state index contributed by atoms with van der Waals surface area (Å²) in [4.78, 5) is 5.47. The molecular formula is C30H32ClN3O5S. The van der Waals surface area contributed by atoms with E-state index in [2.05, 4.69) is 21.8 Å². The van der Waals surface area contributed by atoms with Crippen LogP contribution in [0.5, 0.6) is 11.5 Å². The first-order valence-corrected chi connectivity index (χ1v) is 14.5. The lowest BCUT2D eigenvalue weighted by Crippen LogP contribution is -2.32. The number of aromatic amines is 1. The molecule has 0 amide bonds. The molecule has 8 nitrogen and oxygen atoms in total. The van der Waals surface area contributed by atoms with Gasteiger partial charge in [0.05, 0.1) is 17.9 Å². The van der Waals surface area contributed by atoms with Crippen molar-refractivity contribution in [3.8, 4) is 11.5 Å². The number of nitrogens with zero attached hydrogens (tertiary/aromatic N) is 1. The monoisotopic (exact) mass is 581 g/mol. The maximum Gasteiger partial charge on any atom is 0.229 e. The Hall–Kier alpha value is -3.76. The van der Waals surface area contributed by atoms with E-state index in [1.807, 2.05) is 65.6 Å². The molecule has 0 aliphatic heterocycles. The van der Waals surface area contributed by atoms with Gasteiger partial charge in [0.25, 0.3) is 0 Å². The second-order valence-corrected chi connectivity index (χ2v) is 11.4. The number of aromatic nitrogens is 1. The number of halogens is 1. The Morgan fingerprint density at radius 3 is 2.42 bits per heavy atom. The molecule has 210 valence electrons. The van der Waals surface area contributed by atoms with Crippen molar-refractivity contribution in [3.05, 3.63) is 102 Å². The number of aliphatic hydroxyl groups is 1. The Labute approximate surface area is 239 Å². The lowest BCUT2D eigenvalue weighted by Gasteiger charge is -2.26. The number of H-pyrrole nitrogens is 1. The van der Waals surface area contributed by atoms with Crippen molar-refractivity contribution in [3.63, 3.8) is 0 Å². The van der Waals surface area contributed by atoms with Gasteiger partial charge in [0.15, 0.2) is 0 Å². The first kappa shape index (κ1) is 29.2. The van der Waals surface area contributed by atoms with Crippen LogP contribution >= 0.6 is 12.4 Å². The predicted octanol–water partition coefficient (Wildman–Crippen LogP) is 5.43. The normalized spacial score (nSPS) is 12.4. The van der Waals surface area contributed by atoms with Gasteiger partial charge < -0.3 is 19.9 Å². The smallest absolute Gasteiger partial charge is 0.229 e. The van der Waals surface area contributed by atoms with Crippen molar-refractivity contribution in [2.45, 2.75) is 12.6 Å². The number of phenols is 1. The lowest BCUT2D eigenvalue weighted by molar-refractivity contribution is 0.0969. The molecule has 4 N–H and O–H groups in total. The van der Waals surface area contributed by atoms with Gasteiger partial charge in [0, 0.05) is 53.2 Å². The van der Waals surface area contributed by atoms with Crippen LogP contribution in [-0.4, -0.2) is 54.5 Å². The van der Waals surface area contributed by atoms with Gasteiger partial charge in [-0.15, -0.1) is 12.4 Å². The average Bonchev–Trinajstić information content (AvgIpc) is 3.27. The van der Waals surface area contributed by atoms with Crippen molar-refractivity contribution >= 4 is 49.9 Å². The molecule has 1 heterocycles. The van der Waals surface area contributed by atoms with E-state index in [0.717, 1.165) is 34.0 Å². The Morgan fingerprint density at radius 1 is 0.925 bits per heavy atom. The molecule has 0 aliphatic rings. The first-order valence-electron chi connectivity index (χ1n) is 12.6. The van der Waals surface area contributed by atoms with Crippen molar-refractivity contribution < 1.29 is 23.4 Å². The van der Waals surface area contributed by atoms with Crippen LogP contribution in [0.4, 0.5) is 5.69 Å². The summed E-state index contributed by atoms with van der Waals surface area (Å²) in [5.74, 6) is 0.635. The van der Waals surface area contributed by atoms with E-state index in [1.54, 1.807) is 0 Å². The summed E-state index contributed by atoms with van der Waals surface area (Å²) >= 11 is 0. The molecule has 0 saturated carbocycles. The molecule has 5 rings (SSSR count). The Balaban J connectivity index is 0.00000370. The number of para-hydroxylation sites is 1. The van der Waals surface area contributed by atoms with Gasteiger partial charge in [0.2, 0.25) is 10.0 Å². The Bertz CT molecular complexity index is 1690. The standard InChI is InChI=1S/C30H31N3O5S.ClH/c1-39(36,37)32-22-11-14-29(34)26(17-22)30(35)20-33(19-21-7-3-2-4-8-21)15-16-38-23-12-13-25-24-9-5-6-10-27(24)31-28(25)18-23;/h2-14,17-18,30-32,34-35H,15-16,19-20H2,1H3;1H. The third-order valence-corrected chi connectivity index (χ3v) is 7.13. The van der Waals surface area contributed by atoms with E-state index in [4.69, 9.17) is 4.74 Å². The van der Waals surface area contributed by atoms with Crippen molar-refractivity contribution in [1.82, 2.24) is 9.88 Å². The number of nitrogens with one attached hydrogen (secondary N) is 2. The molecule has 5 aromatic rings. The fourth-order valence-corrected chi connectivity index (χ4v) is 5.29. The van der Waals surface area contributed by atoms with Gasteiger partial charge in [0.1, 0.15) is 18.1 Å². The number of sulfonamides is 1. The van der Waals surface area contributed by atoms with Gasteiger partial charge in [-0.05, 0) is 42.0 Å². The van der Waals surface area contributed by atoms with Gasteiger partial charge >= 0.3 is 0 Å². The Morgan fingerprint density at radius 2 is 1.65 bits per heavy atom. The molecule has 1 aromatic heterocycles. The minimum absolute atomic E-state index is 0. The average molecular weight is 582 g/mol. The van der Waals surface area contributed by atoms with Crippen LogP contribution in [0.3, 0.4) is 0 Å². The van der Waals surface area contributed by atoms with Crippen LogP contribution < -0.4 is 9.46 Å². The SMILES string of the molecule is CS(=O)(=O)Nc1ccc(O)c(C(O)CN(CCOc2ccc3c(c2)[nH]c2ccccc23)Cc2ccccc2)c1.Cl. The molecule has 1 atom stereocenters. The zero-order valence-corrected chi connectivity index (χ0v) is 23.6. The predicted molar refractivity (Wildman–Crippen MR) is 162 cm³/mol. The lowest BCUT2D eigenvalue weighted by atomic mass is 10.1. The fourth-order valence-electron chi connectivity index (χ4n) is 4.73. The molecule has 0 fully saturated rings. The number of rotatable bonds is 11. The summed E-state index contributed by atoms with van der Waals surface area (Å²) in [6, 6.07) is 28.3. The molecule has 1 unspecified atom stereocenters. The molecule has 40 heavy (non-hydrogen) atoms. The summed E-state index contributed by atoms with van der Waals surface area (Å²) in [5.41, 5.74) is 3.66. The number of anilines is 1. The zero-order chi connectivity index (χ0) is 27.4. The number of benzene rings is 4. The van der Waals surface area contributed by atoms with Crippen LogP contribution in [0.25, 0.3) is 21.8 Å². The highest BCUT2D eigenvalue weighted by Crippen LogP contribution is 2.30. The van der Waals surface area contributed by atoms with E-state index >= 15 is 0 Å². The van der Waals surface area contributed by atoms with Crippen LogP contribution in [-0.2, 0) is 16.6 Å². The van der Waals surface area contributed by atoms with Crippen LogP contribution in [0.15, 0.2) is 91.0 Å². The maximum atomic E-state index is 11.6. The molecule has 0 spiro atoms. The number of fused-ring (bicyclic) bond motifs is 3. The highest BCUT2D eigenvalue weighted by molar-refractivity contribution is 7.92. The topological polar surface area (TPSA) is 115 Å².